The summed E-state index contributed by atoms with van der Waals surface area (Å²) in [5.41, 5.74) is 7.23. The maximum atomic E-state index is 11.5. The van der Waals surface area contributed by atoms with Crippen LogP contribution < -0.4 is 11.1 Å². The van der Waals surface area contributed by atoms with Gasteiger partial charge in [-0.15, -0.1) is 0 Å². The highest BCUT2D eigenvalue weighted by molar-refractivity contribution is 7.99. The van der Waals surface area contributed by atoms with Crippen molar-refractivity contribution in [1.82, 2.24) is 4.98 Å². The Labute approximate surface area is 119 Å². The molecule has 1 aromatic carbocycles. The maximum absolute atomic E-state index is 11.5. The SMILES string of the molecule is NC1C(=O)Nc2cc(Sc3ccccn3)c(Cl)cc21. The molecule has 1 aliphatic rings. The van der Waals surface area contributed by atoms with E-state index >= 15 is 0 Å². The Morgan fingerprint density at radius 1 is 1.37 bits per heavy atom. The summed E-state index contributed by atoms with van der Waals surface area (Å²) in [6.45, 7) is 0. The van der Waals surface area contributed by atoms with E-state index in [-0.39, 0.29) is 5.91 Å². The third-order valence-corrected chi connectivity index (χ3v) is 4.26. The molecular weight excluding hydrogens is 282 g/mol. The molecule has 2 aromatic rings. The Morgan fingerprint density at radius 3 is 2.95 bits per heavy atom. The summed E-state index contributed by atoms with van der Waals surface area (Å²) in [6, 6.07) is 8.61. The van der Waals surface area contributed by atoms with Gasteiger partial charge in [-0.25, -0.2) is 4.98 Å². The van der Waals surface area contributed by atoms with Crippen molar-refractivity contribution in [2.45, 2.75) is 16.0 Å². The lowest BCUT2D eigenvalue weighted by atomic mass is 10.1. The normalized spacial score (nSPS) is 17.2. The molecule has 3 N–H and O–H groups in total. The highest BCUT2D eigenvalue weighted by Gasteiger charge is 2.28. The minimum absolute atomic E-state index is 0.203. The fraction of sp³-hybridized carbons (Fsp3) is 0.0769. The number of amides is 1. The van der Waals surface area contributed by atoms with Gasteiger partial charge in [-0.1, -0.05) is 29.4 Å². The monoisotopic (exact) mass is 291 g/mol. The van der Waals surface area contributed by atoms with E-state index in [2.05, 4.69) is 10.3 Å². The molecule has 1 aliphatic heterocycles. The maximum Gasteiger partial charge on any atom is 0.245 e. The number of pyridine rings is 1. The van der Waals surface area contributed by atoms with Crippen molar-refractivity contribution in [3.63, 3.8) is 0 Å². The van der Waals surface area contributed by atoms with Crippen molar-refractivity contribution in [2.75, 3.05) is 5.32 Å². The smallest absolute Gasteiger partial charge is 0.245 e. The van der Waals surface area contributed by atoms with Crippen LogP contribution in [0.5, 0.6) is 0 Å². The van der Waals surface area contributed by atoms with Crippen molar-refractivity contribution in [1.29, 1.82) is 0 Å². The first-order chi connectivity index (χ1) is 9.15. The van der Waals surface area contributed by atoms with Gasteiger partial charge in [-0.3, -0.25) is 4.79 Å². The van der Waals surface area contributed by atoms with Gasteiger partial charge in [0.1, 0.15) is 11.1 Å². The standard InChI is InChI=1S/C13H10ClN3OS/c14-8-5-7-9(17-13(18)12(7)15)6-10(8)19-11-3-1-2-4-16-11/h1-6,12H,15H2,(H,17,18). The number of anilines is 1. The van der Waals surface area contributed by atoms with Gasteiger partial charge in [0.2, 0.25) is 5.91 Å². The van der Waals surface area contributed by atoms with E-state index in [1.54, 1.807) is 12.3 Å². The number of aromatic nitrogens is 1. The Bertz CT molecular complexity index is 648. The molecular formula is C13H10ClN3OS. The molecule has 0 aliphatic carbocycles. The third-order valence-electron chi connectivity index (χ3n) is 2.83. The average molecular weight is 292 g/mol. The molecule has 96 valence electrons. The molecule has 1 unspecified atom stereocenters. The topological polar surface area (TPSA) is 68.0 Å². The molecule has 2 heterocycles. The fourth-order valence-electron chi connectivity index (χ4n) is 1.88. The molecule has 1 atom stereocenters. The number of fused-ring (bicyclic) bond motifs is 1. The number of halogens is 1. The number of carbonyl (C=O) groups excluding carboxylic acids is 1. The van der Waals surface area contributed by atoms with E-state index in [4.69, 9.17) is 17.3 Å². The van der Waals surface area contributed by atoms with Gasteiger partial charge in [0.25, 0.3) is 0 Å². The largest absolute Gasteiger partial charge is 0.324 e. The molecule has 0 fully saturated rings. The zero-order valence-corrected chi connectivity index (χ0v) is 11.3. The highest BCUT2D eigenvalue weighted by Crippen LogP contribution is 2.39. The summed E-state index contributed by atoms with van der Waals surface area (Å²) >= 11 is 7.68. The molecule has 0 radical (unpaired) electrons. The molecule has 0 saturated heterocycles. The molecule has 6 heteroatoms. The van der Waals surface area contributed by atoms with Crippen molar-refractivity contribution >= 4 is 35.0 Å². The van der Waals surface area contributed by atoms with Crippen molar-refractivity contribution < 1.29 is 4.79 Å². The molecule has 3 rings (SSSR count). The zero-order chi connectivity index (χ0) is 13.4. The minimum Gasteiger partial charge on any atom is -0.324 e. The van der Waals surface area contributed by atoms with Crippen LogP contribution in [-0.2, 0) is 4.79 Å². The van der Waals surface area contributed by atoms with Crippen molar-refractivity contribution in [3.8, 4) is 0 Å². The predicted octanol–water partition coefficient (Wildman–Crippen LogP) is 2.84. The van der Waals surface area contributed by atoms with Crippen LogP contribution in [0.15, 0.2) is 46.5 Å². The third kappa shape index (κ3) is 2.32. The van der Waals surface area contributed by atoms with Crippen LogP contribution in [0.1, 0.15) is 11.6 Å². The van der Waals surface area contributed by atoms with Gasteiger partial charge in [-0.2, -0.15) is 0 Å². The Kier molecular flexibility index (Phi) is 3.18. The Hall–Kier alpha value is -1.56. The van der Waals surface area contributed by atoms with Crippen LogP contribution in [0.25, 0.3) is 0 Å². The molecule has 0 spiro atoms. The van der Waals surface area contributed by atoms with Crippen LogP contribution in [-0.4, -0.2) is 10.9 Å². The summed E-state index contributed by atoms with van der Waals surface area (Å²) in [7, 11) is 0. The first kappa shape index (κ1) is 12.5. The van der Waals surface area contributed by atoms with E-state index in [0.717, 1.165) is 21.2 Å². The van der Waals surface area contributed by atoms with Gasteiger partial charge >= 0.3 is 0 Å². The van der Waals surface area contributed by atoms with Gasteiger partial charge < -0.3 is 11.1 Å². The first-order valence-corrected chi connectivity index (χ1v) is 6.83. The molecule has 1 aromatic heterocycles. The van der Waals surface area contributed by atoms with Gasteiger partial charge in [0, 0.05) is 22.3 Å². The number of carbonyl (C=O) groups is 1. The molecule has 19 heavy (non-hydrogen) atoms. The Balaban J connectivity index is 1.97. The van der Waals surface area contributed by atoms with Crippen molar-refractivity contribution in [2.24, 2.45) is 5.73 Å². The highest BCUT2D eigenvalue weighted by atomic mass is 35.5. The number of hydrogen-bond acceptors (Lipinski definition) is 4. The van der Waals surface area contributed by atoms with Crippen LogP contribution >= 0.6 is 23.4 Å². The Morgan fingerprint density at radius 2 is 2.21 bits per heavy atom. The number of rotatable bonds is 2. The van der Waals surface area contributed by atoms with E-state index < -0.39 is 6.04 Å². The minimum atomic E-state index is -0.638. The summed E-state index contributed by atoms with van der Waals surface area (Å²) in [6.07, 6.45) is 1.72. The summed E-state index contributed by atoms with van der Waals surface area (Å²) < 4.78 is 0. The molecule has 1 amide bonds. The van der Waals surface area contributed by atoms with E-state index in [1.165, 1.54) is 11.8 Å². The van der Waals surface area contributed by atoms with Crippen LogP contribution in [0.3, 0.4) is 0 Å². The predicted molar refractivity (Wildman–Crippen MR) is 75.4 cm³/mol. The van der Waals surface area contributed by atoms with Crippen LogP contribution in [0, 0.1) is 0 Å². The summed E-state index contributed by atoms with van der Waals surface area (Å²) in [5, 5.41) is 4.16. The van der Waals surface area contributed by atoms with E-state index in [0.29, 0.717) is 5.02 Å². The lowest BCUT2D eigenvalue weighted by Crippen LogP contribution is -2.19. The number of nitrogens with two attached hydrogens (primary N) is 1. The fourth-order valence-corrected chi connectivity index (χ4v) is 2.99. The number of hydrogen-bond donors (Lipinski definition) is 2. The second-order valence-electron chi connectivity index (χ2n) is 4.11. The van der Waals surface area contributed by atoms with Gasteiger partial charge in [-0.05, 0) is 24.3 Å². The average Bonchev–Trinajstić information content (AvgIpc) is 2.67. The lowest BCUT2D eigenvalue weighted by Gasteiger charge is -2.07. The molecule has 4 nitrogen and oxygen atoms in total. The second kappa shape index (κ2) is 4.85. The first-order valence-electron chi connectivity index (χ1n) is 5.64. The van der Waals surface area contributed by atoms with Gasteiger partial charge in [0.15, 0.2) is 0 Å². The van der Waals surface area contributed by atoms with Crippen LogP contribution in [0.4, 0.5) is 5.69 Å². The second-order valence-corrected chi connectivity index (χ2v) is 5.58. The van der Waals surface area contributed by atoms with Gasteiger partial charge in [0.05, 0.1) is 5.02 Å². The van der Waals surface area contributed by atoms with E-state index in [9.17, 15) is 4.79 Å². The van der Waals surface area contributed by atoms with Crippen LogP contribution in [0.2, 0.25) is 5.02 Å². The van der Waals surface area contributed by atoms with Crippen molar-refractivity contribution in [3.05, 3.63) is 47.1 Å². The molecule has 0 saturated carbocycles. The number of nitrogens with one attached hydrogen (secondary N) is 1. The molecule has 0 bridgehead atoms. The lowest BCUT2D eigenvalue weighted by molar-refractivity contribution is -0.116. The summed E-state index contributed by atoms with van der Waals surface area (Å²) in [5.74, 6) is -0.203. The number of nitrogens with zero attached hydrogens (tertiary/aromatic N) is 1. The van der Waals surface area contributed by atoms with E-state index in [1.807, 2.05) is 24.3 Å². The number of benzene rings is 1. The quantitative estimate of drug-likeness (QED) is 0.893. The summed E-state index contributed by atoms with van der Waals surface area (Å²) in [4.78, 5) is 16.6. The zero-order valence-electron chi connectivity index (χ0n) is 9.76.